The molecule has 0 saturated carbocycles. The Balaban J connectivity index is 1.30. The van der Waals surface area contributed by atoms with Gasteiger partial charge in [-0.15, -0.1) is 0 Å². The normalized spacial score (nSPS) is 17.7. The minimum atomic E-state index is -0.199. The molecule has 218 valence electrons. The molecule has 8 heteroatoms. The molecule has 8 nitrogen and oxygen atoms in total. The number of nitrogens with zero attached hydrogens (tertiary/aromatic N) is 4. The molecule has 4 heterocycles. The van der Waals surface area contributed by atoms with Crippen molar-refractivity contribution < 1.29 is 9.47 Å². The Kier molecular flexibility index (Phi) is 4.21. The minimum absolute atomic E-state index is 0.0430. The van der Waals surface area contributed by atoms with Gasteiger partial charge in [0.25, 0.3) is 11.1 Å². The highest BCUT2D eigenvalue weighted by Crippen LogP contribution is 2.45. The second kappa shape index (κ2) is 7.97. The summed E-state index contributed by atoms with van der Waals surface area (Å²) in [5.41, 5.74) is 2.66. The molecule has 0 N–H and O–H groups in total. The lowest BCUT2D eigenvalue weighted by Gasteiger charge is -2.20. The van der Waals surface area contributed by atoms with E-state index in [2.05, 4.69) is 36.4 Å². The molecule has 1 aliphatic carbocycles. The monoisotopic (exact) mass is 598 g/mol. The first-order valence-corrected chi connectivity index (χ1v) is 15.2. The van der Waals surface area contributed by atoms with Crippen molar-refractivity contribution in [2.24, 2.45) is 4.99 Å². The fraction of sp³-hybridized carbons (Fsp3) is 0.105. The summed E-state index contributed by atoms with van der Waals surface area (Å²) in [6, 6.07) is 21.7. The predicted molar refractivity (Wildman–Crippen MR) is 181 cm³/mol. The van der Waals surface area contributed by atoms with E-state index >= 15 is 0 Å². The third kappa shape index (κ3) is 2.65. The molecule has 0 fully saturated rings. The number of benzene rings is 6. The lowest BCUT2D eigenvalue weighted by molar-refractivity contribution is 0.300. The number of imidazole rings is 1. The van der Waals surface area contributed by atoms with Gasteiger partial charge in [-0.05, 0) is 80.9 Å². The Morgan fingerprint density at radius 2 is 1.28 bits per heavy atom. The summed E-state index contributed by atoms with van der Waals surface area (Å²) < 4.78 is 14.4. The molecule has 2 aliphatic rings. The first-order chi connectivity index (χ1) is 22.6. The highest BCUT2D eigenvalue weighted by atomic mass is 16.5. The third-order valence-corrected chi connectivity index (χ3v) is 10.3. The Bertz CT molecular complexity index is 3090. The van der Waals surface area contributed by atoms with Gasteiger partial charge in [-0.1, -0.05) is 30.3 Å². The Labute approximate surface area is 258 Å². The summed E-state index contributed by atoms with van der Waals surface area (Å²) in [4.78, 5) is 38.3. The Hall–Kier alpha value is -6.02. The molecule has 2 atom stereocenters. The molecule has 1 aliphatic heterocycles. The summed E-state index contributed by atoms with van der Waals surface area (Å²) in [6.07, 6.45) is 5.90. The van der Waals surface area contributed by atoms with Crippen molar-refractivity contribution in [3.63, 3.8) is 0 Å². The highest BCUT2D eigenvalue weighted by Gasteiger charge is 2.32. The van der Waals surface area contributed by atoms with Crippen LogP contribution in [0, 0.1) is 0 Å². The predicted octanol–water partition coefficient (Wildman–Crippen LogP) is 6.17. The third-order valence-electron chi connectivity index (χ3n) is 10.3. The van der Waals surface area contributed by atoms with E-state index < -0.39 is 0 Å². The van der Waals surface area contributed by atoms with Gasteiger partial charge in [-0.3, -0.25) is 23.5 Å². The quantitative estimate of drug-likeness (QED) is 0.175. The number of ether oxygens (including phenoxy) is 2. The van der Waals surface area contributed by atoms with Crippen molar-refractivity contribution in [1.82, 2.24) is 14.0 Å². The molecule has 11 rings (SSSR count). The van der Waals surface area contributed by atoms with Crippen LogP contribution in [0.1, 0.15) is 6.04 Å². The van der Waals surface area contributed by atoms with Gasteiger partial charge < -0.3 is 9.47 Å². The Morgan fingerprint density at radius 1 is 0.674 bits per heavy atom. The molecule has 3 aromatic heterocycles. The number of rotatable bonds is 2. The zero-order valence-electron chi connectivity index (χ0n) is 24.7. The molecule has 0 amide bonds. The maximum atomic E-state index is 14.2. The summed E-state index contributed by atoms with van der Waals surface area (Å²) in [5, 5.41) is 11.3. The van der Waals surface area contributed by atoms with Gasteiger partial charge in [0.1, 0.15) is 22.6 Å². The van der Waals surface area contributed by atoms with E-state index in [1.165, 1.54) is 0 Å². The molecule has 0 radical (unpaired) electrons. The van der Waals surface area contributed by atoms with Crippen LogP contribution in [-0.2, 0) is 4.74 Å². The van der Waals surface area contributed by atoms with Crippen molar-refractivity contribution in [3.05, 3.63) is 117 Å². The number of aromatic nitrogens is 3. The van der Waals surface area contributed by atoms with E-state index in [9.17, 15) is 9.59 Å². The number of methoxy groups -OCH3 is 2. The molecular formula is C38H22N4O4. The molecule has 0 saturated heterocycles. The molecular weight excluding hydrogens is 576 g/mol. The molecule has 9 aromatic rings. The molecule has 0 bridgehead atoms. The maximum absolute atomic E-state index is 14.2. The standard InChI is InChI=1S/C38H22N4O4/c1-45-17-3-13-29-27(15-17)39-35-23-9-5-19-20-6-10-24-34-26(38(44)42-30-14-4-18(46-2)16-28(30)40-36(24)42)12-8-22(32(20)34)21-7-11-25(33(23)31(19)21)37(43)41(29)35/h3-16,27,29H,1-2H3. The minimum Gasteiger partial charge on any atom is -0.497 e. The topological polar surface area (TPSA) is 87.2 Å². The molecule has 2 unspecified atom stereocenters. The lowest BCUT2D eigenvalue weighted by Crippen LogP contribution is -2.34. The second-order valence-electron chi connectivity index (χ2n) is 12.3. The number of allylic oxidation sites excluding steroid dienone is 1. The lowest BCUT2D eigenvalue weighted by atomic mass is 9.86. The van der Waals surface area contributed by atoms with Crippen LogP contribution in [-0.4, -0.2) is 34.2 Å². The maximum Gasteiger partial charge on any atom is 0.264 e. The zero-order chi connectivity index (χ0) is 30.6. The average molecular weight is 599 g/mol. The van der Waals surface area contributed by atoms with Gasteiger partial charge in [0.2, 0.25) is 0 Å². The van der Waals surface area contributed by atoms with Crippen molar-refractivity contribution in [3.8, 4) is 5.75 Å². The van der Waals surface area contributed by atoms with E-state index in [0.29, 0.717) is 33.2 Å². The second-order valence-corrected chi connectivity index (χ2v) is 12.3. The number of fused-ring (bicyclic) bond motifs is 10. The molecule has 6 aromatic carbocycles. The smallest absolute Gasteiger partial charge is 0.264 e. The zero-order valence-corrected chi connectivity index (χ0v) is 24.7. The van der Waals surface area contributed by atoms with Crippen LogP contribution in [0.4, 0.5) is 0 Å². The van der Waals surface area contributed by atoms with Gasteiger partial charge in [-0.2, -0.15) is 0 Å². The summed E-state index contributed by atoms with van der Waals surface area (Å²) in [6.45, 7) is 0. The van der Waals surface area contributed by atoms with Crippen molar-refractivity contribution >= 4 is 81.3 Å². The van der Waals surface area contributed by atoms with Crippen LogP contribution in [0.5, 0.6) is 5.75 Å². The van der Waals surface area contributed by atoms with E-state index in [1.54, 1.807) is 18.6 Å². The Morgan fingerprint density at radius 3 is 1.98 bits per heavy atom. The summed E-state index contributed by atoms with van der Waals surface area (Å²) >= 11 is 0. The number of pyridine rings is 2. The average Bonchev–Trinajstić information content (AvgIpc) is 3.67. The van der Waals surface area contributed by atoms with Gasteiger partial charge >= 0.3 is 0 Å². The number of hydrogen-bond donors (Lipinski definition) is 0. The first kappa shape index (κ1) is 24.3. The van der Waals surface area contributed by atoms with E-state index in [4.69, 9.17) is 19.5 Å². The van der Waals surface area contributed by atoms with Gasteiger partial charge in [0.15, 0.2) is 0 Å². The van der Waals surface area contributed by atoms with Crippen LogP contribution in [0.3, 0.4) is 0 Å². The first-order valence-electron chi connectivity index (χ1n) is 15.2. The SMILES string of the molecule is COC1=CC2N=c3c4ccc5c6ccc7c8c(ccc(c9ccc(c(=O)n3C2C=C1)c4c95)c68)c(=O)n1c2ccc(OC)cc2nc71. The van der Waals surface area contributed by atoms with Crippen LogP contribution in [0.25, 0.3) is 81.3 Å². The van der Waals surface area contributed by atoms with Gasteiger partial charge in [0, 0.05) is 38.4 Å². The van der Waals surface area contributed by atoms with Crippen LogP contribution >= 0.6 is 0 Å². The van der Waals surface area contributed by atoms with Gasteiger partial charge in [-0.25, -0.2) is 4.98 Å². The largest absolute Gasteiger partial charge is 0.497 e. The van der Waals surface area contributed by atoms with Crippen molar-refractivity contribution in [1.29, 1.82) is 0 Å². The molecule has 46 heavy (non-hydrogen) atoms. The highest BCUT2D eigenvalue weighted by molar-refractivity contribution is 6.40. The van der Waals surface area contributed by atoms with Crippen molar-refractivity contribution in [2.75, 3.05) is 14.2 Å². The van der Waals surface area contributed by atoms with Crippen LogP contribution in [0.15, 0.2) is 105 Å². The van der Waals surface area contributed by atoms with E-state index in [0.717, 1.165) is 65.1 Å². The fourth-order valence-electron chi connectivity index (χ4n) is 8.34. The summed E-state index contributed by atoms with van der Waals surface area (Å²) in [5.74, 6) is 1.44. The summed E-state index contributed by atoms with van der Waals surface area (Å²) in [7, 11) is 3.27. The van der Waals surface area contributed by atoms with Crippen molar-refractivity contribution in [2.45, 2.75) is 12.1 Å². The van der Waals surface area contributed by atoms with Crippen LogP contribution in [0.2, 0.25) is 0 Å². The fourth-order valence-corrected chi connectivity index (χ4v) is 8.34. The van der Waals surface area contributed by atoms with E-state index in [1.807, 2.05) is 53.1 Å². The number of hydrogen-bond acceptors (Lipinski definition) is 6. The van der Waals surface area contributed by atoms with Crippen LogP contribution < -0.4 is 21.3 Å². The van der Waals surface area contributed by atoms with E-state index in [-0.39, 0.29) is 23.2 Å². The van der Waals surface area contributed by atoms with Gasteiger partial charge in [0.05, 0.1) is 37.3 Å². The molecule has 0 spiro atoms.